The Morgan fingerprint density at radius 2 is 1.95 bits per heavy atom. The third kappa shape index (κ3) is 3.74. The van der Waals surface area contributed by atoms with Crippen LogP contribution in [0.3, 0.4) is 0 Å². The number of nitrogens with one attached hydrogen (secondary N) is 1. The van der Waals surface area contributed by atoms with Crippen molar-refractivity contribution in [1.82, 2.24) is 5.32 Å². The smallest absolute Gasteiger partial charge is 0.132 e. The minimum atomic E-state index is -0.828. The monoisotopic (exact) mass is 295 g/mol. The van der Waals surface area contributed by atoms with Gasteiger partial charge in [0.25, 0.3) is 0 Å². The van der Waals surface area contributed by atoms with Crippen LogP contribution in [-0.4, -0.2) is 24.9 Å². The van der Waals surface area contributed by atoms with Crippen molar-refractivity contribution >= 4 is 0 Å². The number of rotatable bonds is 5. The van der Waals surface area contributed by atoms with Gasteiger partial charge in [-0.05, 0) is 31.9 Å². The molecule has 1 aliphatic carbocycles. The molecule has 1 fully saturated rings. The van der Waals surface area contributed by atoms with Gasteiger partial charge in [0.15, 0.2) is 0 Å². The molecular weight excluding hydrogens is 269 g/mol. The van der Waals surface area contributed by atoms with Crippen LogP contribution in [-0.2, 0) is 5.54 Å². The summed E-state index contributed by atoms with van der Waals surface area (Å²) in [7, 11) is 1.53. The van der Waals surface area contributed by atoms with Gasteiger partial charge in [0, 0.05) is 6.04 Å². The number of aliphatic hydroxyl groups is 1. The molecule has 1 atom stereocenters. The Bertz CT molecular complexity index is 458. The summed E-state index contributed by atoms with van der Waals surface area (Å²) < 4.78 is 19.6. The number of halogens is 1. The van der Waals surface area contributed by atoms with Gasteiger partial charge in [-0.2, -0.15) is 0 Å². The SMILES string of the molecule is COc1cccc(F)c1C(C)(CO)NC1CCCCCC1. The third-order valence-electron chi connectivity index (χ3n) is 4.44. The lowest BCUT2D eigenvalue weighted by molar-refractivity contribution is 0.150. The molecule has 2 rings (SSSR count). The summed E-state index contributed by atoms with van der Waals surface area (Å²) in [4.78, 5) is 0. The van der Waals surface area contributed by atoms with Crippen LogP contribution in [0.1, 0.15) is 51.0 Å². The zero-order chi connectivity index (χ0) is 15.3. The highest BCUT2D eigenvalue weighted by Gasteiger charge is 2.34. The van der Waals surface area contributed by atoms with Gasteiger partial charge < -0.3 is 15.2 Å². The van der Waals surface area contributed by atoms with E-state index < -0.39 is 5.54 Å². The molecule has 1 aliphatic rings. The van der Waals surface area contributed by atoms with Crippen LogP contribution in [0.5, 0.6) is 5.75 Å². The molecule has 0 amide bonds. The highest BCUT2D eigenvalue weighted by Crippen LogP contribution is 2.33. The standard InChI is InChI=1S/C17H26FNO2/c1-17(12-20,19-13-8-5-3-4-6-9-13)16-14(18)10-7-11-15(16)21-2/h7,10-11,13,19-20H,3-6,8-9,12H2,1-2H3. The maximum atomic E-state index is 14.3. The Hall–Kier alpha value is -1.13. The third-order valence-corrected chi connectivity index (χ3v) is 4.44. The van der Waals surface area contributed by atoms with Crippen molar-refractivity contribution in [2.45, 2.75) is 57.0 Å². The summed E-state index contributed by atoms with van der Waals surface area (Å²) in [5, 5.41) is 13.4. The van der Waals surface area contributed by atoms with Crippen LogP contribution in [0.2, 0.25) is 0 Å². The minimum absolute atomic E-state index is 0.166. The molecule has 1 aromatic rings. The molecule has 0 aromatic heterocycles. The average Bonchev–Trinajstić information content (AvgIpc) is 2.75. The van der Waals surface area contributed by atoms with E-state index in [9.17, 15) is 9.50 Å². The summed E-state index contributed by atoms with van der Waals surface area (Å²) in [5.41, 5.74) is -0.412. The maximum absolute atomic E-state index is 14.3. The molecule has 0 bridgehead atoms. The summed E-state index contributed by atoms with van der Waals surface area (Å²) in [6.07, 6.45) is 7.05. The van der Waals surface area contributed by atoms with Gasteiger partial charge in [-0.3, -0.25) is 0 Å². The van der Waals surface area contributed by atoms with E-state index in [0.717, 1.165) is 12.8 Å². The molecule has 0 heterocycles. The van der Waals surface area contributed by atoms with Gasteiger partial charge in [0.1, 0.15) is 11.6 Å². The summed E-state index contributed by atoms with van der Waals surface area (Å²) in [5.74, 6) is 0.139. The molecule has 0 radical (unpaired) electrons. The molecule has 0 saturated heterocycles. The van der Waals surface area contributed by atoms with E-state index in [0.29, 0.717) is 17.4 Å². The number of methoxy groups -OCH3 is 1. The first-order valence-electron chi connectivity index (χ1n) is 7.82. The zero-order valence-corrected chi connectivity index (χ0v) is 13.0. The first kappa shape index (κ1) is 16.2. The van der Waals surface area contributed by atoms with Crippen LogP contribution in [0.25, 0.3) is 0 Å². The Morgan fingerprint density at radius 3 is 2.52 bits per heavy atom. The summed E-state index contributed by atoms with van der Waals surface area (Å²) >= 11 is 0. The molecule has 4 heteroatoms. The van der Waals surface area contributed by atoms with E-state index in [-0.39, 0.29) is 12.4 Å². The minimum Gasteiger partial charge on any atom is -0.496 e. The fraction of sp³-hybridized carbons (Fsp3) is 0.647. The van der Waals surface area contributed by atoms with Crippen molar-refractivity contribution in [3.05, 3.63) is 29.6 Å². The summed E-state index contributed by atoms with van der Waals surface area (Å²) in [6, 6.07) is 5.09. The first-order chi connectivity index (χ1) is 10.1. The Morgan fingerprint density at radius 1 is 1.29 bits per heavy atom. The first-order valence-corrected chi connectivity index (χ1v) is 7.82. The predicted molar refractivity (Wildman–Crippen MR) is 82.0 cm³/mol. The molecule has 0 aliphatic heterocycles. The van der Waals surface area contributed by atoms with Crippen LogP contribution in [0.15, 0.2) is 18.2 Å². The van der Waals surface area contributed by atoms with Gasteiger partial charge in [0.05, 0.1) is 24.8 Å². The average molecular weight is 295 g/mol. The van der Waals surface area contributed by atoms with E-state index in [1.54, 1.807) is 12.1 Å². The second kappa shape index (κ2) is 7.23. The molecule has 118 valence electrons. The second-order valence-electron chi connectivity index (χ2n) is 6.14. The lowest BCUT2D eigenvalue weighted by Gasteiger charge is -2.35. The van der Waals surface area contributed by atoms with E-state index in [1.807, 2.05) is 6.92 Å². The van der Waals surface area contributed by atoms with E-state index in [2.05, 4.69) is 5.32 Å². The molecule has 2 N–H and O–H groups in total. The molecular formula is C17H26FNO2. The normalized spacial score (nSPS) is 19.8. The van der Waals surface area contributed by atoms with E-state index in [1.165, 1.54) is 38.9 Å². The van der Waals surface area contributed by atoms with Crippen molar-refractivity contribution in [1.29, 1.82) is 0 Å². The van der Waals surface area contributed by atoms with Crippen molar-refractivity contribution in [2.75, 3.05) is 13.7 Å². The molecule has 21 heavy (non-hydrogen) atoms. The molecule has 3 nitrogen and oxygen atoms in total. The highest BCUT2D eigenvalue weighted by molar-refractivity contribution is 5.40. The fourth-order valence-electron chi connectivity index (χ4n) is 3.28. The highest BCUT2D eigenvalue weighted by atomic mass is 19.1. The number of hydrogen-bond acceptors (Lipinski definition) is 3. The number of ether oxygens (including phenoxy) is 1. The quantitative estimate of drug-likeness (QED) is 0.819. The Kier molecular flexibility index (Phi) is 5.59. The number of benzene rings is 1. The lowest BCUT2D eigenvalue weighted by atomic mass is 9.89. The fourth-order valence-corrected chi connectivity index (χ4v) is 3.28. The van der Waals surface area contributed by atoms with Gasteiger partial charge >= 0.3 is 0 Å². The van der Waals surface area contributed by atoms with Crippen molar-refractivity contribution in [2.24, 2.45) is 0 Å². The topological polar surface area (TPSA) is 41.5 Å². The molecule has 1 aromatic carbocycles. The Labute approximate surface area is 126 Å². The van der Waals surface area contributed by atoms with Gasteiger partial charge in [-0.25, -0.2) is 4.39 Å². The van der Waals surface area contributed by atoms with E-state index in [4.69, 9.17) is 4.74 Å². The van der Waals surface area contributed by atoms with Crippen molar-refractivity contribution in [3.8, 4) is 5.75 Å². The van der Waals surface area contributed by atoms with Crippen LogP contribution < -0.4 is 10.1 Å². The molecule has 1 unspecified atom stereocenters. The van der Waals surface area contributed by atoms with E-state index >= 15 is 0 Å². The molecule has 0 spiro atoms. The van der Waals surface area contributed by atoms with Crippen molar-refractivity contribution < 1.29 is 14.2 Å². The van der Waals surface area contributed by atoms with Crippen LogP contribution in [0.4, 0.5) is 4.39 Å². The van der Waals surface area contributed by atoms with Crippen LogP contribution in [0, 0.1) is 5.82 Å². The molecule has 1 saturated carbocycles. The maximum Gasteiger partial charge on any atom is 0.132 e. The van der Waals surface area contributed by atoms with Gasteiger partial charge in [-0.1, -0.05) is 31.7 Å². The van der Waals surface area contributed by atoms with Crippen LogP contribution >= 0.6 is 0 Å². The van der Waals surface area contributed by atoms with Crippen molar-refractivity contribution in [3.63, 3.8) is 0 Å². The second-order valence-corrected chi connectivity index (χ2v) is 6.14. The van der Waals surface area contributed by atoms with Gasteiger partial charge in [-0.15, -0.1) is 0 Å². The van der Waals surface area contributed by atoms with Gasteiger partial charge in [0.2, 0.25) is 0 Å². The zero-order valence-electron chi connectivity index (χ0n) is 13.0. The largest absolute Gasteiger partial charge is 0.496 e. The number of hydrogen-bond donors (Lipinski definition) is 2. The Balaban J connectivity index is 2.27. The number of aliphatic hydroxyl groups excluding tert-OH is 1. The lowest BCUT2D eigenvalue weighted by Crippen LogP contribution is -2.49. The predicted octanol–water partition coefficient (Wildman–Crippen LogP) is 3.35. The summed E-state index contributed by atoms with van der Waals surface area (Å²) in [6.45, 7) is 1.68.